The van der Waals surface area contributed by atoms with Gasteiger partial charge in [-0.25, -0.2) is 4.98 Å². The maximum Gasteiger partial charge on any atom is 0.255 e. The second-order valence-electron chi connectivity index (χ2n) is 6.72. The van der Waals surface area contributed by atoms with Crippen LogP contribution in [0, 0.1) is 6.92 Å². The van der Waals surface area contributed by atoms with Gasteiger partial charge in [-0.2, -0.15) is 0 Å². The number of nitrogens with one attached hydrogen (secondary N) is 1. The minimum Gasteiger partial charge on any atom is -0.497 e. The first-order valence-corrected chi connectivity index (χ1v) is 9.56. The van der Waals surface area contributed by atoms with Crippen LogP contribution in [-0.2, 0) is 0 Å². The largest absolute Gasteiger partial charge is 0.497 e. The predicted molar refractivity (Wildman–Crippen MR) is 117 cm³/mol. The van der Waals surface area contributed by atoms with Crippen LogP contribution in [0.25, 0.3) is 22.6 Å². The summed E-state index contributed by atoms with van der Waals surface area (Å²) in [6.45, 7) is 1.91. The lowest BCUT2D eigenvalue weighted by Crippen LogP contribution is -2.13. The standard InChI is InChI=1S/C23H19ClN2O4/c1-13-4-5-14(23-26-20-11-16(24)6-7-21(20)30-23)10-19(13)25-22(27)15-8-17(28-2)12-18(9-15)29-3/h4-12H,1-3H3,(H,25,27). The summed E-state index contributed by atoms with van der Waals surface area (Å²) < 4.78 is 16.3. The van der Waals surface area contributed by atoms with E-state index < -0.39 is 0 Å². The number of ether oxygens (including phenoxy) is 2. The minimum absolute atomic E-state index is 0.281. The number of benzene rings is 3. The fourth-order valence-corrected chi connectivity index (χ4v) is 3.21. The molecule has 0 unspecified atom stereocenters. The van der Waals surface area contributed by atoms with Gasteiger partial charge in [-0.05, 0) is 55.0 Å². The molecule has 0 radical (unpaired) electrons. The van der Waals surface area contributed by atoms with E-state index in [0.29, 0.717) is 44.8 Å². The quantitative estimate of drug-likeness (QED) is 0.444. The molecule has 0 saturated heterocycles. The lowest BCUT2D eigenvalue weighted by atomic mass is 10.1. The van der Waals surface area contributed by atoms with Gasteiger partial charge in [0.25, 0.3) is 5.91 Å². The van der Waals surface area contributed by atoms with Crippen LogP contribution in [0.3, 0.4) is 0 Å². The molecule has 1 aromatic heterocycles. The number of hydrogen-bond acceptors (Lipinski definition) is 5. The second kappa shape index (κ2) is 8.08. The summed E-state index contributed by atoms with van der Waals surface area (Å²) in [4.78, 5) is 17.4. The highest BCUT2D eigenvalue weighted by atomic mass is 35.5. The first-order chi connectivity index (χ1) is 14.5. The second-order valence-corrected chi connectivity index (χ2v) is 7.15. The Hall–Kier alpha value is -3.51. The number of nitrogens with zero attached hydrogens (tertiary/aromatic N) is 1. The molecule has 0 aliphatic carbocycles. The van der Waals surface area contributed by atoms with Crippen LogP contribution in [0.5, 0.6) is 11.5 Å². The third-order valence-electron chi connectivity index (χ3n) is 4.70. The summed E-state index contributed by atoms with van der Waals surface area (Å²) in [7, 11) is 3.08. The van der Waals surface area contributed by atoms with Crippen molar-refractivity contribution < 1.29 is 18.7 Å². The number of anilines is 1. The van der Waals surface area contributed by atoms with Gasteiger partial charge in [0, 0.05) is 27.9 Å². The monoisotopic (exact) mass is 422 g/mol. The zero-order chi connectivity index (χ0) is 21.3. The Morgan fingerprint density at radius 3 is 2.43 bits per heavy atom. The molecule has 3 aromatic carbocycles. The van der Waals surface area contributed by atoms with Crippen molar-refractivity contribution in [3.8, 4) is 23.0 Å². The van der Waals surface area contributed by atoms with E-state index in [0.717, 1.165) is 11.1 Å². The summed E-state index contributed by atoms with van der Waals surface area (Å²) in [5.74, 6) is 1.24. The molecule has 6 nitrogen and oxygen atoms in total. The molecule has 0 aliphatic heterocycles. The first-order valence-electron chi connectivity index (χ1n) is 9.18. The average molecular weight is 423 g/mol. The highest BCUT2D eigenvalue weighted by Crippen LogP contribution is 2.30. The molecule has 4 rings (SSSR count). The Bertz CT molecular complexity index is 1230. The summed E-state index contributed by atoms with van der Waals surface area (Å²) in [6, 6.07) is 15.9. The Balaban J connectivity index is 1.65. The molecule has 4 aromatic rings. The van der Waals surface area contributed by atoms with E-state index in [1.165, 1.54) is 14.2 Å². The number of aryl methyl sites for hydroxylation is 1. The minimum atomic E-state index is -0.281. The van der Waals surface area contributed by atoms with Crippen molar-refractivity contribution in [2.24, 2.45) is 0 Å². The van der Waals surface area contributed by atoms with E-state index in [-0.39, 0.29) is 5.91 Å². The number of halogens is 1. The highest BCUT2D eigenvalue weighted by molar-refractivity contribution is 6.31. The maximum absolute atomic E-state index is 12.9. The van der Waals surface area contributed by atoms with Crippen LogP contribution in [0.15, 0.2) is 59.0 Å². The van der Waals surface area contributed by atoms with Crippen LogP contribution in [-0.4, -0.2) is 25.1 Å². The smallest absolute Gasteiger partial charge is 0.255 e. The van der Waals surface area contributed by atoms with Gasteiger partial charge >= 0.3 is 0 Å². The zero-order valence-electron chi connectivity index (χ0n) is 16.7. The molecule has 0 saturated carbocycles. The Kier molecular flexibility index (Phi) is 5.33. The molecule has 0 aliphatic rings. The molecule has 0 fully saturated rings. The van der Waals surface area contributed by atoms with Gasteiger partial charge in [0.2, 0.25) is 5.89 Å². The van der Waals surface area contributed by atoms with Crippen LogP contribution in [0.2, 0.25) is 5.02 Å². The fourth-order valence-electron chi connectivity index (χ4n) is 3.05. The van der Waals surface area contributed by atoms with Crippen molar-refractivity contribution in [1.29, 1.82) is 0 Å². The molecule has 0 bridgehead atoms. The van der Waals surface area contributed by atoms with E-state index in [2.05, 4.69) is 10.3 Å². The van der Waals surface area contributed by atoms with Gasteiger partial charge in [-0.3, -0.25) is 4.79 Å². The number of carbonyl (C=O) groups is 1. The lowest BCUT2D eigenvalue weighted by molar-refractivity contribution is 0.102. The summed E-state index contributed by atoms with van der Waals surface area (Å²) in [5, 5.41) is 3.53. The number of oxazole rings is 1. The number of aromatic nitrogens is 1. The number of rotatable bonds is 5. The van der Waals surface area contributed by atoms with Gasteiger partial charge in [0.1, 0.15) is 17.0 Å². The van der Waals surface area contributed by atoms with Crippen LogP contribution >= 0.6 is 11.6 Å². The number of amides is 1. The molecular formula is C23H19ClN2O4. The molecule has 1 N–H and O–H groups in total. The topological polar surface area (TPSA) is 73.6 Å². The zero-order valence-corrected chi connectivity index (χ0v) is 17.4. The molecule has 1 amide bonds. The third-order valence-corrected chi connectivity index (χ3v) is 4.93. The normalized spacial score (nSPS) is 10.8. The fraction of sp³-hybridized carbons (Fsp3) is 0.130. The van der Waals surface area contributed by atoms with Crippen LogP contribution in [0.4, 0.5) is 5.69 Å². The molecule has 1 heterocycles. The average Bonchev–Trinajstić information content (AvgIpc) is 3.17. The van der Waals surface area contributed by atoms with Gasteiger partial charge < -0.3 is 19.2 Å². The first kappa shape index (κ1) is 19.8. The van der Waals surface area contributed by atoms with Gasteiger partial charge in [-0.1, -0.05) is 17.7 Å². The van der Waals surface area contributed by atoms with Crippen molar-refractivity contribution >= 4 is 34.3 Å². The van der Waals surface area contributed by atoms with Gasteiger partial charge in [0.15, 0.2) is 5.58 Å². The van der Waals surface area contributed by atoms with E-state index in [1.54, 1.807) is 36.4 Å². The number of carbonyl (C=O) groups excluding carboxylic acids is 1. The van der Waals surface area contributed by atoms with Crippen molar-refractivity contribution in [1.82, 2.24) is 4.98 Å². The summed E-state index contributed by atoms with van der Waals surface area (Å²) >= 11 is 6.03. The Labute approximate surface area is 178 Å². The SMILES string of the molecule is COc1cc(OC)cc(C(=O)Nc2cc(-c3nc4cc(Cl)ccc4o3)ccc2C)c1. The maximum atomic E-state index is 12.9. The van der Waals surface area contributed by atoms with Crippen molar-refractivity contribution in [3.63, 3.8) is 0 Å². The number of hydrogen-bond donors (Lipinski definition) is 1. The summed E-state index contributed by atoms with van der Waals surface area (Å²) in [5.41, 5.74) is 4.04. The van der Waals surface area contributed by atoms with Crippen LogP contribution in [0.1, 0.15) is 15.9 Å². The number of fused-ring (bicyclic) bond motifs is 1. The third kappa shape index (κ3) is 3.95. The molecule has 0 atom stereocenters. The Morgan fingerprint density at radius 1 is 1.00 bits per heavy atom. The van der Waals surface area contributed by atoms with E-state index in [9.17, 15) is 4.79 Å². The van der Waals surface area contributed by atoms with Gasteiger partial charge in [0.05, 0.1) is 14.2 Å². The van der Waals surface area contributed by atoms with E-state index in [4.69, 9.17) is 25.5 Å². The van der Waals surface area contributed by atoms with E-state index >= 15 is 0 Å². The summed E-state index contributed by atoms with van der Waals surface area (Å²) in [6.07, 6.45) is 0. The molecular weight excluding hydrogens is 404 g/mol. The lowest BCUT2D eigenvalue weighted by Gasteiger charge is -2.11. The highest BCUT2D eigenvalue weighted by Gasteiger charge is 2.14. The molecule has 152 valence electrons. The van der Waals surface area contributed by atoms with Crippen molar-refractivity contribution in [2.75, 3.05) is 19.5 Å². The predicted octanol–water partition coefficient (Wildman–Crippen LogP) is 5.73. The molecule has 0 spiro atoms. The molecule has 30 heavy (non-hydrogen) atoms. The number of methoxy groups -OCH3 is 2. The van der Waals surface area contributed by atoms with E-state index in [1.807, 2.05) is 25.1 Å². The van der Waals surface area contributed by atoms with Crippen LogP contribution < -0.4 is 14.8 Å². The molecule has 7 heteroatoms. The Morgan fingerprint density at radius 2 is 1.73 bits per heavy atom. The van der Waals surface area contributed by atoms with Gasteiger partial charge in [-0.15, -0.1) is 0 Å². The van der Waals surface area contributed by atoms with Crippen molar-refractivity contribution in [2.45, 2.75) is 6.92 Å². The van der Waals surface area contributed by atoms with Crippen molar-refractivity contribution in [3.05, 3.63) is 70.7 Å².